The van der Waals surface area contributed by atoms with Crippen molar-refractivity contribution in [1.82, 2.24) is 9.97 Å². The normalized spacial score (nSPS) is 16.1. The molecule has 1 aliphatic heterocycles. The first kappa shape index (κ1) is 13.0. The lowest BCUT2D eigenvalue weighted by molar-refractivity contribution is 0.733. The van der Waals surface area contributed by atoms with Crippen molar-refractivity contribution in [3.05, 3.63) is 29.4 Å². The average Bonchev–Trinajstić information content (AvgIpc) is 2.37. The van der Waals surface area contributed by atoms with E-state index in [-0.39, 0.29) is 0 Å². The molecule has 2 N–H and O–H groups in total. The van der Waals surface area contributed by atoms with Gasteiger partial charge in [-0.15, -0.1) is 0 Å². The Morgan fingerprint density at radius 3 is 2.83 bits per heavy atom. The fraction of sp³-hybridized carbons (Fsp3) is 0.571. The molecule has 1 aliphatic rings. The Balaban J connectivity index is 2.30. The number of hydrogen-bond acceptors (Lipinski definition) is 4. The summed E-state index contributed by atoms with van der Waals surface area (Å²) in [4.78, 5) is 11.4. The number of rotatable bonds is 3. The molecule has 2 rings (SSSR count). The second-order valence-corrected chi connectivity index (χ2v) is 5.18. The fourth-order valence-corrected chi connectivity index (χ4v) is 2.24. The minimum Gasteiger partial charge on any atom is -0.364 e. The molecule has 98 valence electrons. The van der Waals surface area contributed by atoms with Crippen molar-refractivity contribution in [2.45, 2.75) is 39.7 Å². The van der Waals surface area contributed by atoms with Gasteiger partial charge in [0.1, 0.15) is 5.82 Å². The van der Waals surface area contributed by atoms with Gasteiger partial charge in [0, 0.05) is 25.6 Å². The van der Waals surface area contributed by atoms with E-state index in [1.54, 1.807) is 0 Å². The van der Waals surface area contributed by atoms with Crippen molar-refractivity contribution in [2.24, 2.45) is 5.73 Å². The Morgan fingerprint density at radius 1 is 1.44 bits per heavy atom. The van der Waals surface area contributed by atoms with E-state index >= 15 is 0 Å². The van der Waals surface area contributed by atoms with Gasteiger partial charge in [-0.05, 0) is 13.3 Å². The van der Waals surface area contributed by atoms with Crippen molar-refractivity contribution >= 4 is 5.69 Å². The highest BCUT2D eigenvalue weighted by atomic mass is 15.2. The first-order chi connectivity index (χ1) is 8.61. The average molecular weight is 246 g/mol. The maximum atomic E-state index is 5.83. The molecule has 4 heteroatoms. The van der Waals surface area contributed by atoms with E-state index in [1.807, 2.05) is 6.20 Å². The first-order valence-electron chi connectivity index (χ1n) is 6.58. The highest BCUT2D eigenvalue weighted by Gasteiger charge is 2.16. The van der Waals surface area contributed by atoms with Gasteiger partial charge in [0.25, 0.3) is 0 Å². The Bertz CT molecular complexity index is 451. The molecule has 0 fully saturated rings. The molecule has 0 aliphatic carbocycles. The number of nitrogens with zero attached hydrogens (tertiary/aromatic N) is 3. The van der Waals surface area contributed by atoms with Crippen LogP contribution in [0.15, 0.2) is 17.8 Å². The van der Waals surface area contributed by atoms with Crippen LogP contribution in [0.4, 0.5) is 5.69 Å². The molecule has 2 heterocycles. The van der Waals surface area contributed by atoms with Gasteiger partial charge in [-0.2, -0.15) is 0 Å². The van der Waals surface area contributed by atoms with Gasteiger partial charge in [-0.1, -0.05) is 25.5 Å². The van der Waals surface area contributed by atoms with Crippen molar-refractivity contribution in [1.29, 1.82) is 0 Å². The van der Waals surface area contributed by atoms with Gasteiger partial charge in [0.2, 0.25) is 0 Å². The van der Waals surface area contributed by atoms with Crippen LogP contribution in [-0.2, 0) is 6.54 Å². The predicted octanol–water partition coefficient (Wildman–Crippen LogP) is 2.22. The summed E-state index contributed by atoms with van der Waals surface area (Å²) in [5.74, 6) is 1.22. The lowest BCUT2D eigenvalue weighted by atomic mass is 10.1. The third kappa shape index (κ3) is 2.70. The summed E-state index contributed by atoms with van der Waals surface area (Å²) >= 11 is 0. The summed E-state index contributed by atoms with van der Waals surface area (Å²) in [6, 6.07) is 0. The Kier molecular flexibility index (Phi) is 3.97. The van der Waals surface area contributed by atoms with Gasteiger partial charge in [-0.3, -0.25) is 0 Å². The Labute approximate surface area is 109 Å². The van der Waals surface area contributed by atoms with Gasteiger partial charge in [0.15, 0.2) is 0 Å². The van der Waals surface area contributed by atoms with Crippen molar-refractivity contribution in [2.75, 3.05) is 18.0 Å². The second kappa shape index (κ2) is 5.48. The number of hydrogen-bond donors (Lipinski definition) is 1. The van der Waals surface area contributed by atoms with Crippen LogP contribution in [-0.4, -0.2) is 23.1 Å². The Hall–Kier alpha value is -1.42. The van der Waals surface area contributed by atoms with E-state index in [2.05, 4.69) is 41.7 Å². The number of aromatic nitrogens is 2. The first-order valence-corrected chi connectivity index (χ1v) is 6.58. The summed E-state index contributed by atoms with van der Waals surface area (Å²) in [5.41, 5.74) is 9.28. The molecule has 0 unspecified atom stereocenters. The van der Waals surface area contributed by atoms with Crippen LogP contribution in [0.25, 0.3) is 0 Å². The predicted molar refractivity (Wildman–Crippen MR) is 74.6 cm³/mol. The molecule has 0 radical (unpaired) electrons. The number of anilines is 1. The van der Waals surface area contributed by atoms with Gasteiger partial charge in [-0.25, -0.2) is 9.97 Å². The van der Waals surface area contributed by atoms with Crippen LogP contribution >= 0.6 is 0 Å². The highest BCUT2D eigenvalue weighted by molar-refractivity contribution is 5.51. The molecular weight excluding hydrogens is 224 g/mol. The maximum absolute atomic E-state index is 5.83. The molecule has 0 saturated heterocycles. The van der Waals surface area contributed by atoms with Gasteiger partial charge in [0.05, 0.1) is 17.6 Å². The zero-order valence-electron chi connectivity index (χ0n) is 11.5. The van der Waals surface area contributed by atoms with E-state index in [1.165, 1.54) is 5.57 Å². The largest absolute Gasteiger partial charge is 0.364 e. The van der Waals surface area contributed by atoms with Gasteiger partial charge >= 0.3 is 0 Å². The Morgan fingerprint density at radius 2 is 2.22 bits per heavy atom. The molecule has 4 nitrogen and oxygen atoms in total. The molecule has 0 bridgehead atoms. The monoisotopic (exact) mass is 246 g/mol. The molecule has 18 heavy (non-hydrogen) atoms. The summed E-state index contributed by atoms with van der Waals surface area (Å²) in [5, 5.41) is 0. The summed E-state index contributed by atoms with van der Waals surface area (Å²) < 4.78 is 0. The van der Waals surface area contributed by atoms with Crippen LogP contribution in [0.3, 0.4) is 0 Å². The molecule has 0 saturated carbocycles. The zero-order chi connectivity index (χ0) is 13.1. The van der Waals surface area contributed by atoms with Crippen LogP contribution in [0.5, 0.6) is 0 Å². The number of nitrogens with two attached hydrogens (primary N) is 1. The van der Waals surface area contributed by atoms with Crippen LogP contribution in [0.1, 0.15) is 44.6 Å². The molecule has 0 aromatic carbocycles. The minimum atomic E-state index is 0.340. The molecule has 0 spiro atoms. The quantitative estimate of drug-likeness (QED) is 0.831. The van der Waals surface area contributed by atoms with E-state index in [9.17, 15) is 0 Å². The second-order valence-electron chi connectivity index (χ2n) is 5.18. The minimum absolute atomic E-state index is 0.340. The lowest BCUT2D eigenvalue weighted by Crippen LogP contribution is -2.31. The van der Waals surface area contributed by atoms with Crippen molar-refractivity contribution < 1.29 is 0 Å². The zero-order valence-corrected chi connectivity index (χ0v) is 11.5. The highest BCUT2D eigenvalue weighted by Crippen LogP contribution is 2.23. The smallest absolute Gasteiger partial charge is 0.131 e. The molecule has 1 aromatic heterocycles. The lowest BCUT2D eigenvalue weighted by Gasteiger charge is -2.29. The third-order valence-electron chi connectivity index (χ3n) is 3.25. The SMILES string of the molecule is CC1=CCCN(c2cnc(C(C)C)nc2CN)C1. The summed E-state index contributed by atoms with van der Waals surface area (Å²) in [6.07, 6.45) is 5.31. The summed E-state index contributed by atoms with van der Waals surface area (Å²) in [6.45, 7) is 8.81. The van der Waals surface area contributed by atoms with E-state index in [4.69, 9.17) is 5.73 Å². The fourth-order valence-electron chi connectivity index (χ4n) is 2.24. The van der Waals surface area contributed by atoms with Crippen LogP contribution in [0.2, 0.25) is 0 Å². The maximum Gasteiger partial charge on any atom is 0.131 e. The van der Waals surface area contributed by atoms with Crippen molar-refractivity contribution in [3.63, 3.8) is 0 Å². The summed E-state index contributed by atoms with van der Waals surface area (Å²) in [7, 11) is 0. The van der Waals surface area contributed by atoms with E-state index in [0.717, 1.165) is 36.7 Å². The van der Waals surface area contributed by atoms with Gasteiger partial charge < -0.3 is 10.6 Å². The molecule has 0 atom stereocenters. The topological polar surface area (TPSA) is 55.0 Å². The van der Waals surface area contributed by atoms with E-state index < -0.39 is 0 Å². The van der Waals surface area contributed by atoms with E-state index in [0.29, 0.717) is 12.5 Å². The van der Waals surface area contributed by atoms with Crippen molar-refractivity contribution in [3.8, 4) is 0 Å². The van der Waals surface area contributed by atoms with Crippen LogP contribution in [0, 0.1) is 0 Å². The van der Waals surface area contributed by atoms with Crippen LogP contribution < -0.4 is 10.6 Å². The molecular formula is C14H22N4. The standard InChI is InChI=1S/C14H22N4/c1-10(2)14-16-8-13(12(7-15)17-14)18-6-4-5-11(3)9-18/h5,8,10H,4,6-7,9,15H2,1-3H3. The third-order valence-corrected chi connectivity index (χ3v) is 3.25. The molecule has 0 amide bonds. The molecule has 1 aromatic rings.